The van der Waals surface area contributed by atoms with Crippen LogP contribution < -0.4 is 15.4 Å². The van der Waals surface area contributed by atoms with Crippen LogP contribution in [-0.2, 0) is 4.79 Å². The number of thiazole rings is 1. The van der Waals surface area contributed by atoms with Crippen LogP contribution in [0.1, 0.15) is 10.4 Å². The summed E-state index contributed by atoms with van der Waals surface area (Å²) in [6, 6.07) is 12.5. The van der Waals surface area contributed by atoms with Crippen LogP contribution in [0, 0.1) is 0 Å². The van der Waals surface area contributed by atoms with Crippen LogP contribution in [0.2, 0.25) is 0 Å². The minimum Gasteiger partial charge on any atom is -0.497 e. The summed E-state index contributed by atoms with van der Waals surface area (Å²) in [5.74, 6) is 0.0789. The first-order valence-corrected chi connectivity index (χ1v) is 8.94. The summed E-state index contributed by atoms with van der Waals surface area (Å²) in [4.78, 5) is 28.4. The van der Waals surface area contributed by atoms with Crippen molar-refractivity contribution in [1.29, 1.82) is 0 Å². The van der Waals surface area contributed by atoms with Crippen LogP contribution in [0.5, 0.6) is 5.75 Å². The van der Waals surface area contributed by atoms with Gasteiger partial charge in [-0.2, -0.15) is 0 Å². The van der Waals surface area contributed by atoms with Crippen molar-refractivity contribution in [3.05, 3.63) is 52.5 Å². The lowest BCUT2D eigenvalue weighted by Crippen LogP contribution is -2.32. The van der Waals surface area contributed by atoms with E-state index in [0.717, 1.165) is 20.4 Å². The quantitative estimate of drug-likeness (QED) is 0.663. The highest BCUT2D eigenvalue weighted by Crippen LogP contribution is 2.29. The van der Waals surface area contributed by atoms with Gasteiger partial charge in [0, 0.05) is 10.0 Å². The average molecular weight is 420 g/mol. The number of carbonyl (C=O) groups excluding carboxylic acids is 2. The molecule has 0 aliphatic heterocycles. The Hall–Kier alpha value is -2.45. The monoisotopic (exact) mass is 419 g/mol. The van der Waals surface area contributed by atoms with E-state index in [-0.39, 0.29) is 18.4 Å². The Labute approximate surface area is 156 Å². The van der Waals surface area contributed by atoms with E-state index < -0.39 is 0 Å². The molecule has 128 valence electrons. The molecule has 0 fully saturated rings. The van der Waals surface area contributed by atoms with Crippen molar-refractivity contribution in [1.82, 2.24) is 10.3 Å². The predicted molar refractivity (Wildman–Crippen MR) is 101 cm³/mol. The van der Waals surface area contributed by atoms with E-state index in [0.29, 0.717) is 10.7 Å². The number of aromatic nitrogens is 1. The van der Waals surface area contributed by atoms with Crippen molar-refractivity contribution in [2.75, 3.05) is 19.0 Å². The zero-order valence-corrected chi connectivity index (χ0v) is 15.6. The first kappa shape index (κ1) is 17.4. The molecule has 0 unspecified atom stereocenters. The molecule has 0 atom stereocenters. The molecule has 0 aliphatic rings. The number of nitrogens with zero attached hydrogens (tertiary/aromatic N) is 1. The summed E-state index contributed by atoms with van der Waals surface area (Å²) in [5.41, 5.74) is 1.26. The molecule has 0 bridgehead atoms. The first-order chi connectivity index (χ1) is 12.0. The maximum absolute atomic E-state index is 12.0. The van der Waals surface area contributed by atoms with Crippen molar-refractivity contribution in [2.45, 2.75) is 0 Å². The molecule has 2 N–H and O–H groups in total. The van der Waals surface area contributed by atoms with Crippen LogP contribution in [0.25, 0.3) is 10.2 Å². The second-order valence-corrected chi connectivity index (χ2v) is 7.04. The van der Waals surface area contributed by atoms with Gasteiger partial charge in [-0.1, -0.05) is 33.3 Å². The van der Waals surface area contributed by atoms with E-state index in [1.54, 1.807) is 25.3 Å². The minimum atomic E-state index is -0.339. The number of rotatable bonds is 5. The molecule has 8 heteroatoms. The third-order valence-corrected chi connectivity index (χ3v) is 4.77. The average Bonchev–Trinajstić information content (AvgIpc) is 3.00. The topological polar surface area (TPSA) is 80.3 Å². The van der Waals surface area contributed by atoms with Crippen molar-refractivity contribution in [2.24, 2.45) is 0 Å². The Bertz CT molecular complexity index is 942. The largest absolute Gasteiger partial charge is 0.497 e. The van der Waals surface area contributed by atoms with E-state index in [1.807, 2.05) is 24.3 Å². The van der Waals surface area contributed by atoms with Crippen molar-refractivity contribution < 1.29 is 14.3 Å². The highest BCUT2D eigenvalue weighted by molar-refractivity contribution is 9.10. The third kappa shape index (κ3) is 4.34. The summed E-state index contributed by atoms with van der Waals surface area (Å²) >= 11 is 4.65. The Kier molecular flexibility index (Phi) is 5.30. The lowest BCUT2D eigenvalue weighted by molar-refractivity contribution is -0.115. The smallest absolute Gasteiger partial charge is 0.251 e. The highest BCUT2D eigenvalue weighted by atomic mass is 79.9. The summed E-state index contributed by atoms with van der Waals surface area (Å²) in [7, 11) is 1.60. The molecule has 0 spiro atoms. The summed E-state index contributed by atoms with van der Waals surface area (Å²) in [6.07, 6.45) is 0. The van der Waals surface area contributed by atoms with Gasteiger partial charge in [-0.15, -0.1) is 0 Å². The summed E-state index contributed by atoms with van der Waals surface area (Å²) < 4.78 is 6.88. The number of benzene rings is 2. The van der Waals surface area contributed by atoms with Gasteiger partial charge in [0.05, 0.1) is 23.9 Å². The molecule has 3 aromatic rings. The van der Waals surface area contributed by atoms with Gasteiger partial charge in [-0.3, -0.25) is 9.59 Å². The molecule has 2 amide bonds. The zero-order valence-electron chi connectivity index (χ0n) is 13.2. The summed E-state index contributed by atoms with van der Waals surface area (Å²) in [6.45, 7) is -0.134. The zero-order chi connectivity index (χ0) is 17.8. The van der Waals surface area contributed by atoms with Gasteiger partial charge < -0.3 is 15.4 Å². The third-order valence-electron chi connectivity index (χ3n) is 3.34. The second kappa shape index (κ2) is 7.62. The Balaban J connectivity index is 1.60. The molecule has 6 nitrogen and oxygen atoms in total. The number of hydrogen-bond donors (Lipinski definition) is 2. The standard InChI is InChI=1S/C17H14BrN3O3S/c1-24-12-5-6-13-14(8-12)25-17(20-13)21-15(22)9-19-16(23)10-3-2-4-11(18)7-10/h2-8H,9H2,1H3,(H,19,23)(H,20,21,22). The van der Waals surface area contributed by atoms with E-state index in [4.69, 9.17) is 4.74 Å². The number of ether oxygens (including phenoxy) is 1. The van der Waals surface area contributed by atoms with Crippen molar-refractivity contribution in [3.8, 4) is 5.75 Å². The number of fused-ring (bicyclic) bond motifs is 1. The van der Waals surface area contributed by atoms with Crippen LogP contribution >= 0.6 is 27.3 Å². The second-order valence-electron chi connectivity index (χ2n) is 5.09. The molecule has 3 rings (SSSR count). The maximum atomic E-state index is 12.0. The molecule has 0 saturated heterocycles. The first-order valence-electron chi connectivity index (χ1n) is 7.33. The fourth-order valence-electron chi connectivity index (χ4n) is 2.14. The molecule has 1 heterocycles. The Morgan fingerprint density at radius 2 is 2.08 bits per heavy atom. The van der Waals surface area contributed by atoms with E-state index in [1.165, 1.54) is 11.3 Å². The van der Waals surface area contributed by atoms with Gasteiger partial charge in [-0.05, 0) is 36.4 Å². The van der Waals surface area contributed by atoms with E-state index in [2.05, 4.69) is 31.5 Å². The van der Waals surface area contributed by atoms with Crippen molar-refractivity contribution in [3.63, 3.8) is 0 Å². The lowest BCUT2D eigenvalue weighted by Gasteiger charge is -2.05. The number of carbonyl (C=O) groups is 2. The van der Waals surface area contributed by atoms with Crippen LogP contribution in [0.4, 0.5) is 5.13 Å². The van der Waals surface area contributed by atoms with Crippen molar-refractivity contribution >= 4 is 54.4 Å². The normalized spacial score (nSPS) is 10.5. The minimum absolute atomic E-state index is 0.134. The fraction of sp³-hybridized carbons (Fsp3) is 0.118. The predicted octanol–water partition coefficient (Wildman–Crippen LogP) is 3.44. The highest BCUT2D eigenvalue weighted by Gasteiger charge is 2.11. The molecule has 1 aromatic heterocycles. The molecule has 25 heavy (non-hydrogen) atoms. The number of amides is 2. The number of halogens is 1. The molecule has 2 aromatic carbocycles. The van der Waals surface area contributed by atoms with Crippen LogP contribution in [-0.4, -0.2) is 30.5 Å². The van der Waals surface area contributed by atoms with E-state index >= 15 is 0 Å². The van der Waals surface area contributed by atoms with Gasteiger partial charge >= 0.3 is 0 Å². The van der Waals surface area contributed by atoms with E-state index in [9.17, 15) is 9.59 Å². The lowest BCUT2D eigenvalue weighted by atomic mass is 10.2. The summed E-state index contributed by atoms with van der Waals surface area (Å²) in [5, 5.41) is 5.75. The van der Waals surface area contributed by atoms with Gasteiger partial charge in [0.15, 0.2) is 5.13 Å². The Morgan fingerprint density at radius 3 is 2.84 bits per heavy atom. The molecular weight excluding hydrogens is 406 g/mol. The van der Waals surface area contributed by atoms with Crippen LogP contribution in [0.3, 0.4) is 0 Å². The van der Waals surface area contributed by atoms with Gasteiger partial charge in [0.2, 0.25) is 5.91 Å². The van der Waals surface area contributed by atoms with Gasteiger partial charge in [-0.25, -0.2) is 4.98 Å². The van der Waals surface area contributed by atoms with Gasteiger partial charge in [0.25, 0.3) is 5.91 Å². The number of hydrogen-bond acceptors (Lipinski definition) is 5. The number of anilines is 1. The molecular formula is C17H14BrN3O3S. The maximum Gasteiger partial charge on any atom is 0.251 e. The SMILES string of the molecule is COc1ccc2nc(NC(=O)CNC(=O)c3cccc(Br)c3)sc2c1. The fourth-order valence-corrected chi connectivity index (χ4v) is 3.45. The van der Waals surface area contributed by atoms with Crippen LogP contribution in [0.15, 0.2) is 46.9 Å². The molecule has 0 saturated carbocycles. The molecule has 0 aliphatic carbocycles. The molecule has 0 radical (unpaired) electrons. The number of methoxy groups -OCH3 is 1. The van der Waals surface area contributed by atoms with Gasteiger partial charge in [0.1, 0.15) is 5.75 Å². The number of nitrogens with one attached hydrogen (secondary N) is 2. The Morgan fingerprint density at radius 1 is 1.24 bits per heavy atom.